The van der Waals surface area contributed by atoms with Gasteiger partial charge in [0.2, 0.25) is 10.0 Å². The van der Waals surface area contributed by atoms with E-state index in [1.165, 1.54) is 29.7 Å². The highest BCUT2D eigenvalue weighted by Crippen LogP contribution is 2.26. The van der Waals surface area contributed by atoms with Crippen molar-refractivity contribution in [1.82, 2.24) is 9.71 Å². The second-order valence-electron chi connectivity index (χ2n) is 4.08. The molecule has 0 saturated carbocycles. The number of hydrogen-bond donors (Lipinski definition) is 2. The molecule has 6 nitrogen and oxygen atoms in total. The van der Waals surface area contributed by atoms with E-state index in [4.69, 9.17) is 16.7 Å². The minimum Gasteiger partial charge on any atom is -0.481 e. The predicted molar refractivity (Wildman–Crippen MR) is 78.9 cm³/mol. The summed E-state index contributed by atoms with van der Waals surface area (Å²) in [6, 6.07) is 5.29. The summed E-state index contributed by atoms with van der Waals surface area (Å²) in [5, 5.41) is 10.5. The summed E-state index contributed by atoms with van der Waals surface area (Å²) >= 11 is 7.05. The summed E-state index contributed by atoms with van der Waals surface area (Å²) < 4.78 is 27.0. The quantitative estimate of drug-likeness (QED) is 0.782. The number of hydrogen-bond acceptors (Lipinski definition) is 5. The van der Waals surface area contributed by atoms with E-state index >= 15 is 0 Å². The van der Waals surface area contributed by atoms with Crippen LogP contribution in [0.5, 0.6) is 0 Å². The van der Waals surface area contributed by atoms with Gasteiger partial charge in [0.25, 0.3) is 0 Å². The van der Waals surface area contributed by atoms with Gasteiger partial charge in [-0.3, -0.25) is 4.79 Å². The van der Waals surface area contributed by atoms with Gasteiger partial charge in [-0.1, -0.05) is 17.7 Å². The summed E-state index contributed by atoms with van der Waals surface area (Å²) in [4.78, 5) is 15.1. The van der Waals surface area contributed by atoms with Crippen LogP contribution in [0.1, 0.15) is 17.3 Å². The second kappa shape index (κ2) is 6.52. The van der Waals surface area contributed by atoms with Gasteiger partial charge in [0, 0.05) is 11.1 Å². The molecule has 1 unspecified atom stereocenters. The lowest BCUT2D eigenvalue weighted by Gasteiger charge is -2.16. The predicted octanol–water partition coefficient (Wildman–Crippen LogP) is 2.29. The number of aromatic nitrogens is 1. The van der Waals surface area contributed by atoms with E-state index in [1.807, 2.05) is 0 Å². The molecule has 0 aliphatic heterocycles. The van der Waals surface area contributed by atoms with Gasteiger partial charge in [0.15, 0.2) is 0 Å². The number of nitrogens with zero attached hydrogens (tertiary/aromatic N) is 1. The van der Waals surface area contributed by atoms with Gasteiger partial charge < -0.3 is 5.11 Å². The molecular weight excluding hydrogens is 336 g/mol. The van der Waals surface area contributed by atoms with Crippen molar-refractivity contribution < 1.29 is 18.3 Å². The Morgan fingerprint density at radius 1 is 1.43 bits per heavy atom. The first-order chi connectivity index (χ1) is 9.90. The van der Waals surface area contributed by atoms with Crippen molar-refractivity contribution in [1.29, 1.82) is 0 Å². The molecule has 2 N–H and O–H groups in total. The lowest BCUT2D eigenvalue weighted by Crippen LogP contribution is -2.30. The van der Waals surface area contributed by atoms with Gasteiger partial charge in [-0.15, -0.1) is 11.3 Å². The van der Waals surface area contributed by atoms with Crippen LogP contribution < -0.4 is 4.72 Å². The van der Waals surface area contributed by atoms with Gasteiger partial charge in [-0.2, -0.15) is 0 Å². The number of rotatable bonds is 6. The Balaban J connectivity index is 2.32. The van der Waals surface area contributed by atoms with Crippen LogP contribution in [0.4, 0.5) is 0 Å². The average molecular weight is 347 g/mol. The minimum absolute atomic E-state index is 0.162. The Bertz CT molecular complexity index is 731. The summed E-state index contributed by atoms with van der Waals surface area (Å²) in [5.74, 6) is -1.10. The SMILES string of the molecule is O=C(O)CC(NS(=O)(=O)c1cccnc1Cl)c1cccs1. The highest BCUT2D eigenvalue weighted by molar-refractivity contribution is 7.89. The summed E-state index contributed by atoms with van der Waals surface area (Å²) in [6.45, 7) is 0. The molecule has 0 fully saturated rings. The van der Waals surface area contributed by atoms with Gasteiger partial charge in [0.05, 0.1) is 12.5 Å². The first kappa shape index (κ1) is 15.9. The average Bonchev–Trinajstić information content (AvgIpc) is 2.91. The lowest BCUT2D eigenvalue weighted by molar-refractivity contribution is -0.137. The van der Waals surface area contributed by atoms with Crippen molar-refractivity contribution >= 4 is 38.9 Å². The molecule has 2 aromatic heterocycles. The summed E-state index contributed by atoms with van der Waals surface area (Å²) in [5.41, 5.74) is 0. The molecule has 21 heavy (non-hydrogen) atoms. The molecule has 1 atom stereocenters. The molecule has 2 aromatic rings. The van der Waals surface area contributed by atoms with E-state index in [2.05, 4.69) is 9.71 Å². The number of pyridine rings is 1. The first-order valence-electron chi connectivity index (χ1n) is 5.78. The van der Waals surface area contributed by atoms with Crippen LogP contribution in [0, 0.1) is 0 Å². The third-order valence-corrected chi connectivity index (χ3v) is 5.48. The molecule has 9 heteroatoms. The molecule has 0 saturated heterocycles. The number of aliphatic carboxylic acids is 1. The molecule has 0 aliphatic carbocycles. The van der Waals surface area contributed by atoms with Crippen LogP contribution in [-0.2, 0) is 14.8 Å². The topological polar surface area (TPSA) is 96.4 Å². The van der Waals surface area contributed by atoms with Crippen LogP contribution in [0.2, 0.25) is 5.15 Å². The molecule has 0 bridgehead atoms. The number of carbonyl (C=O) groups is 1. The van der Waals surface area contributed by atoms with Crippen LogP contribution >= 0.6 is 22.9 Å². The van der Waals surface area contributed by atoms with E-state index in [0.29, 0.717) is 4.88 Å². The zero-order valence-electron chi connectivity index (χ0n) is 10.6. The van der Waals surface area contributed by atoms with Crippen molar-refractivity contribution in [2.75, 3.05) is 0 Å². The summed E-state index contributed by atoms with van der Waals surface area (Å²) in [6.07, 6.45) is 1.01. The maximum Gasteiger partial charge on any atom is 0.305 e. The Morgan fingerprint density at radius 2 is 2.19 bits per heavy atom. The third-order valence-electron chi connectivity index (χ3n) is 2.58. The fraction of sp³-hybridized carbons (Fsp3) is 0.167. The van der Waals surface area contributed by atoms with E-state index in [9.17, 15) is 13.2 Å². The van der Waals surface area contributed by atoms with Crippen LogP contribution in [-0.4, -0.2) is 24.5 Å². The molecule has 112 valence electrons. The van der Waals surface area contributed by atoms with Crippen molar-refractivity contribution in [2.24, 2.45) is 0 Å². The Kier molecular flexibility index (Phi) is 4.94. The van der Waals surface area contributed by atoms with Gasteiger partial charge >= 0.3 is 5.97 Å². The fourth-order valence-electron chi connectivity index (χ4n) is 1.69. The van der Waals surface area contributed by atoms with Gasteiger partial charge in [-0.25, -0.2) is 18.1 Å². The first-order valence-corrected chi connectivity index (χ1v) is 8.52. The number of nitrogens with one attached hydrogen (secondary N) is 1. The van der Waals surface area contributed by atoms with Gasteiger partial charge in [-0.05, 0) is 23.6 Å². The smallest absolute Gasteiger partial charge is 0.305 e. The van der Waals surface area contributed by atoms with Crippen molar-refractivity contribution in [3.8, 4) is 0 Å². The largest absolute Gasteiger partial charge is 0.481 e. The van der Waals surface area contributed by atoms with E-state index < -0.39 is 22.0 Å². The van der Waals surface area contributed by atoms with Crippen molar-refractivity contribution in [3.63, 3.8) is 0 Å². The number of carboxylic acid groups (broad SMARTS) is 1. The maximum atomic E-state index is 12.3. The number of thiophene rings is 1. The monoisotopic (exact) mass is 346 g/mol. The van der Waals surface area contributed by atoms with E-state index in [-0.39, 0.29) is 16.5 Å². The standard InChI is InChI=1S/C12H11ClN2O4S2/c13-12-10(4-1-5-14-12)21(18,19)15-8(7-11(16)17)9-3-2-6-20-9/h1-6,8,15H,7H2,(H,16,17). The molecule has 0 aliphatic rings. The van der Waals surface area contributed by atoms with Crippen molar-refractivity contribution in [2.45, 2.75) is 17.4 Å². The second-order valence-corrected chi connectivity index (χ2v) is 7.10. The van der Waals surface area contributed by atoms with E-state index in [1.54, 1.807) is 17.5 Å². The Labute approximate surface area is 130 Å². The summed E-state index contributed by atoms with van der Waals surface area (Å²) in [7, 11) is -3.96. The number of sulfonamides is 1. The fourth-order valence-corrected chi connectivity index (χ4v) is 4.21. The zero-order valence-corrected chi connectivity index (χ0v) is 13.0. The lowest BCUT2D eigenvalue weighted by atomic mass is 10.2. The molecule has 2 heterocycles. The zero-order chi connectivity index (χ0) is 15.5. The highest BCUT2D eigenvalue weighted by atomic mass is 35.5. The van der Waals surface area contributed by atoms with Crippen LogP contribution in [0.15, 0.2) is 40.7 Å². The molecule has 0 aromatic carbocycles. The Morgan fingerprint density at radius 3 is 2.76 bits per heavy atom. The van der Waals surface area contributed by atoms with Crippen LogP contribution in [0.25, 0.3) is 0 Å². The normalized spacial score (nSPS) is 13.0. The van der Waals surface area contributed by atoms with Crippen LogP contribution in [0.3, 0.4) is 0 Å². The number of carboxylic acids is 1. The molecule has 0 amide bonds. The highest BCUT2D eigenvalue weighted by Gasteiger charge is 2.26. The number of halogens is 1. The van der Waals surface area contributed by atoms with Gasteiger partial charge in [0.1, 0.15) is 10.0 Å². The molecular formula is C12H11ClN2O4S2. The molecule has 0 spiro atoms. The molecule has 0 radical (unpaired) electrons. The third kappa shape index (κ3) is 4.01. The van der Waals surface area contributed by atoms with Crippen molar-refractivity contribution in [3.05, 3.63) is 45.9 Å². The maximum absolute atomic E-state index is 12.3. The minimum atomic E-state index is -3.96. The Hall–Kier alpha value is -1.48. The molecule has 2 rings (SSSR count). The van der Waals surface area contributed by atoms with E-state index in [0.717, 1.165) is 0 Å².